The highest BCUT2D eigenvalue weighted by Crippen LogP contribution is 2.51. The van der Waals surface area contributed by atoms with Crippen LogP contribution in [0.3, 0.4) is 0 Å². The number of fused-ring (bicyclic) bond motifs is 2. The molecule has 9 nitrogen and oxygen atoms in total. The Morgan fingerprint density at radius 1 is 1.34 bits per heavy atom. The molecule has 32 heavy (non-hydrogen) atoms. The summed E-state index contributed by atoms with van der Waals surface area (Å²) in [5, 5.41) is 16.1. The predicted octanol–water partition coefficient (Wildman–Crippen LogP) is 2.55. The highest BCUT2D eigenvalue weighted by Gasteiger charge is 2.46. The summed E-state index contributed by atoms with van der Waals surface area (Å²) < 4.78 is 5.21. The average Bonchev–Trinajstić information content (AvgIpc) is 3.30. The molecule has 166 valence electrons. The summed E-state index contributed by atoms with van der Waals surface area (Å²) in [4.78, 5) is 22.8. The number of H-pyrrole nitrogens is 1. The highest BCUT2D eigenvalue weighted by atomic mass is 35.5. The molecule has 0 saturated carbocycles. The summed E-state index contributed by atoms with van der Waals surface area (Å²) in [7, 11) is 0. The highest BCUT2D eigenvalue weighted by molar-refractivity contribution is 5.85. The molecule has 1 atom stereocenters. The lowest BCUT2D eigenvalue weighted by Crippen LogP contribution is -2.45. The van der Waals surface area contributed by atoms with Gasteiger partial charge in [-0.15, -0.1) is 12.4 Å². The molecule has 1 aromatic carbocycles. The van der Waals surface area contributed by atoms with E-state index >= 15 is 0 Å². The maximum absolute atomic E-state index is 11.4. The van der Waals surface area contributed by atoms with E-state index in [0.717, 1.165) is 32.4 Å². The molecule has 0 radical (unpaired) electrons. The van der Waals surface area contributed by atoms with Gasteiger partial charge in [-0.3, -0.25) is 9.89 Å². The first kappa shape index (κ1) is 22.0. The van der Waals surface area contributed by atoms with Crippen LogP contribution in [0.15, 0.2) is 24.3 Å². The molecule has 2 aromatic heterocycles. The predicted molar refractivity (Wildman–Crippen MR) is 120 cm³/mol. The summed E-state index contributed by atoms with van der Waals surface area (Å²) >= 11 is 0. The summed E-state index contributed by atoms with van der Waals surface area (Å²) in [6, 6.07) is 10.5. The van der Waals surface area contributed by atoms with Gasteiger partial charge < -0.3 is 15.4 Å². The van der Waals surface area contributed by atoms with Gasteiger partial charge in [0.05, 0.1) is 0 Å². The average molecular weight is 454 g/mol. The molecular formula is C22H24ClN7O2. The Kier molecular flexibility index (Phi) is 5.75. The van der Waals surface area contributed by atoms with Crippen LogP contribution < -0.4 is 10.6 Å². The van der Waals surface area contributed by atoms with Crippen molar-refractivity contribution >= 4 is 35.4 Å². The summed E-state index contributed by atoms with van der Waals surface area (Å²) in [6.07, 6.45) is 2.85. The number of benzene rings is 1. The van der Waals surface area contributed by atoms with E-state index in [-0.39, 0.29) is 36.2 Å². The number of nitrogens with zero attached hydrogens (tertiary/aromatic N) is 5. The number of ether oxygens (including phenoxy) is 1. The van der Waals surface area contributed by atoms with Crippen molar-refractivity contribution in [3.05, 3.63) is 46.8 Å². The number of carbonyl (C=O) groups is 1. The standard InChI is InChI=1S/C22H23N7O2.ClH/c1-13(30)31-12-17-21(26-20-18(25-17)16(11-23)27-28-20)29-8-6-22(7-9-29)10-14-4-2-3-5-15(14)19(22)24;/h2-5,19H,6-10,12,24H2,1H3,(H,26,27,28);1H/t19-;/m1./s1. The van der Waals surface area contributed by atoms with Crippen LogP contribution in [0.1, 0.15) is 48.3 Å². The maximum Gasteiger partial charge on any atom is 0.303 e. The van der Waals surface area contributed by atoms with E-state index in [1.807, 2.05) is 6.07 Å². The second kappa shape index (κ2) is 8.37. The second-order valence-electron chi connectivity index (χ2n) is 8.36. The number of nitriles is 1. The number of nitrogens with two attached hydrogens (primary N) is 1. The molecule has 1 spiro atoms. The number of carbonyl (C=O) groups excluding carboxylic acids is 1. The van der Waals surface area contributed by atoms with E-state index in [4.69, 9.17) is 10.5 Å². The zero-order valence-corrected chi connectivity index (χ0v) is 18.5. The van der Waals surface area contributed by atoms with Crippen LogP contribution in [0.2, 0.25) is 0 Å². The largest absolute Gasteiger partial charge is 0.459 e. The third-order valence-electron chi connectivity index (χ3n) is 6.61. The van der Waals surface area contributed by atoms with Gasteiger partial charge in [-0.1, -0.05) is 24.3 Å². The Morgan fingerprint density at radius 2 is 2.09 bits per heavy atom. The van der Waals surface area contributed by atoms with Crippen molar-refractivity contribution in [1.82, 2.24) is 20.2 Å². The Morgan fingerprint density at radius 3 is 2.78 bits per heavy atom. The SMILES string of the molecule is CC(=O)OCc1nc2c(C#N)[nH]nc2nc1N1CCC2(CC1)Cc1ccccc1[C@H]2N.Cl. The Labute approximate surface area is 191 Å². The molecule has 3 heterocycles. The minimum atomic E-state index is -0.396. The topological polar surface area (TPSA) is 134 Å². The first-order chi connectivity index (χ1) is 15.0. The van der Waals surface area contributed by atoms with Crippen LogP contribution in [0, 0.1) is 16.7 Å². The molecular weight excluding hydrogens is 430 g/mol. The Balaban J connectivity index is 0.00000245. The molecule has 2 aliphatic rings. The maximum atomic E-state index is 11.4. The van der Waals surface area contributed by atoms with Crippen LogP contribution in [-0.2, 0) is 22.6 Å². The molecule has 0 bridgehead atoms. The van der Waals surface area contributed by atoms with Crippen LogP contribution in [0.25, 0.3) is 11.2 Å². The number of aromatic nitrogens is 4. The van der Waals surface area contributed by atoms with Crippen molar-refractivity contribution in [2.75, 3.05) is 18.0 Å². The zero-order valence-electron chi connectivity index (χ0n) is 17.7. The number of esters is 1. The van der Waals surface area contributed by atoms with E-state index in [0.29, 0.717) is 22.7 Å². The minimum absolute atomic E-state index is 0. The van der Waals surface area contributed by atoms with E-state index in [1.165, 1.54) is 18.1 Å². The number of rotatable bonds is 3. The van der Waals surface area contributed by atoms with Crippen LogP contribution in [-0.4, -0.2) is 39.2 Å². The quantitative estimate of drug-likeness (QED) is 0.578. The monoisotopic (exact) mass is 453 g/mol. The number of hydrogen-bond acceptors (Lipinski definition) is 8. The van der Waals surface area contributed by atoms with Crippen LogP contribution in [0.4, 0.5) is 5.82 Å². The second-order valence-corrected chi connectivity index (χ2v) is 8.36. The molecule has 1 aliphatic heterocycles. The van der Waals surface area contributed by atoms with Crippen LogP contribution >= 0.6 is 12.4 Å². The van der Waals surface area contributed by atoms with Gasteiger partial charge in [-0.2, -0.15) is 10.4 Å². The van der Waals surface area contributed by atoms with Gasteiger partial charge in [-0.25, -0.2) is 9.97 Å². The molecule has 5 rings (SSSR count). The third-order valence-corrected chi connectivity index (χ3v) is 6.61. The Hall–Kier alpha value is -3.22. The van der Waals surface area contributed by atoms with Gasteiger partial charge in [0.25, 0.3) is 0 Å². The van der Waals surface area contributed by atoms with Crippen molar-refractivity contribution in [3.8, 4) is 6.07 Å². The number of hydrogen-bond donors (Lipinski definition) is 2. The summed E-state index contributed by atoms with van der Waals surface area (Å²) in [5.41, 5.74) is 10.9. The van der Waals surface area contributed by atoms with Gasteiger partial charge in [-0.05, 0) is 35.8 Å². The smallest absolute Gasteiger partial charge is 0.303 e. The van der Waals surface area contributed by atoms with E-state index < -0.39 is 5.97 Å². The van der Waals surface area contributed by atoms with Crippen molar-refractivity contribution < 1.29 is 9.53 Å². The molecule has 1 saturated heterocycles. The van der Waals surface area contributed by atoms with Gasteiger partial charge in [0.1, 0.15) is 23.9 Å². The number of anilines is 1. The lowest BCUT2D eigenvalue weighted by molar-refractivity contribution is -0.142. The molecule has 10 heteroatoms. The van der Waals surface area contributed by atoms with Crippen molar-refractivity contribution in [2.24, 2.45) is 11.1 Å². The Bertz CT molecular complexity index is 1210. The fourth-order valence-corrected chi connectivity index (χ4v) is 4.93. The molecule has 1 aliphatic carbocycles. The van der Waals surface area contributed by atoms with Gasteiger partial charge in [0.15, 0.2) is 11.5 Å². The minimum Gasteiger partial charge on any atom is -0.459 e. The number of halogens is 1. The lowest BCUT2D eigenvalue weighted by Gasteiger charge is -2.42. The van der Waals surface area contributed by atoms with Crippen molar-refractivity contribution in [3.63, 3.8) is 0 Å². The third kappa shape index (κ3) is 3.55. The summed E-state index contributed by atoms with van der Waals surface area (Å²) in [6.45, 7) is 2.89. The van der Waals surface area contributed by atoms with E-state index in [2.05, 4.69) is 49.3 Å². The normalized spacial score (nSPS) is 18.8. The first-order valence-electron chi connectivity index (χ1n) is 10.4. The molecule has 3 N–H and O–H groups in total. The van der Waals surface area contributed by atoms with Gasteiger partial charge in [0.2, 0.25) is 5.65 Å². The van der Waals surface area contributed by atoms with Crippen molar-refractivity contribution in [1.29, 1.82) is 5.26 Å². The number of nitrogens with one attached hydrogen (secondary N) is 1. The molecule has 3 aromatic rings. The van der Waals surface area contributed by atoms with Crippen molar-refractivity contribution in [2.45, 2.75) is 38.8 Å². The number of aromatic amines is 1. The fourth-order valence-electron chi connectivity index (χ4n) is 4.93. The molecule has 0 amide bonds. The van der Waals surface area contributed by atoms with Gasteiger partial charge >= 0.3 is 5.97 Å². The van der Waals surface area contributed by atoms with Crippen LogP contribution in [0.5, 0.6) is 0 Å². The van der Waals surface area contributed by atoms with E-state index in [1.54, 1.807) is 0 Å². The fraction of sp³-hybridized carbons (Fsp3) is 0.409. The van der Waals surface area contributed by atoms with Gasteiger partial charge in [0, 0.05) is 26.1 Å². The lowest BCUT2D eigenvalue weighted by atomic mass is 9.73. The van der Waals surface area contributed by atoms with E-state index in [9.17, 15) is 10.1 Å². The first-order valence-corrected chi connectivity index (χ1v) is 10.4. The molecule has 0 unspecified atom stereocenters. The zero-order chi connectivity index (χ0) is 21.6. The number of piperidine rings is 1. The summed E-state index contributed by atoms with van der Waals surface area (Å²) in [5.74, 6) is 0.247. The molecule has 1 fully saturated rings.